The molecule has 0 bridgehead atoms. The monoisotopic (exact) mass is 253 g/mol. The average Bonchev–Trinajstić information content (AvgIpc) is 2.35. The molecule has 0 heterocycles. The van der Waals surface area contributed by atoms with Crippen LogP contribution in [0.1, 0.15) is 36.1 Å². The molecule has 0 saturated carbocycles. The van der Waals surface area contributed by atoms with Crippen molar-refractivity contribution in [1.29, 1.82) is 0 Å². The van der Waals surface area contributed by atoms with Crippen LogP contribution in [-0.2, 0) is 0 Å². The lowest BCUT2D eigenvalue weighted by Crippen LogP contribution is -2.30. The summed E-state index contributed by atoms with van der Waals surface area (Å²) in [5, 5.41) is 19.0. The number of aliphatic hydroxyl groups is 2. The highest BCUT2D eigenvalue weighted by Crippen LogP contribution is 2.29. The lowest BCUT2D eigenvalue weighted by atomic mass is 9.93. The molecule has 0 amide bonds. The maximum atomic E-state index is 10.2. The van der Waals surface area contributed by atoms with E-state index in [9.17, 15) is 5.11 Å². The molecule has 0 aliphatic carbocycles. The Labute approximate surface area is 108 Å². The predicted octanol–water partition coefficient (Wildman–Crippen LogP) is 1.45. The van der Waals surface area contributed by atoms with Gasteiger partial charge in [0.2, 0.25) is 0 Å². The molecule has 4 heteroatoms. The fraction of sp³-hybridized carbons (Fsp3) is 0.571. The first-order valence-corrected chi connectivity index (χ1v) is 6.30. The third kappa shape index (κ3) is 3.22. The highest BCUT2D eigenvalue weighted by Gasteiger charge is 2.20. The van der Waals surface area contributed by atoms with Crippen molar-refractivity contribution in [3.05, 3.63) is 28.8 Å². The SMILES string of the molecule is CCOc1ccc(C(O)C(N)CCO)c(C)c1C. The zero-order valence-electron chi connectivity index (χ0n) is 11.3. The van der Waals surface area contributed by atoms with Gasteiger partial charge in [-0.1, -0.05) is 6.07 Å². The van der Waals surface area contributed by atoms with Crippen LogP contribution in [0, 0.1) is 13.8 Å². The van der Waals surface area contributed by atoms with E-state index in [0.29, 0.717) is 13.0 Å². The van der Waals surface area contributed by atoms with Crippen LogP contribution in [0.5, 0.6) is 5.75 Å². The molecule has 0 aliphatic rings. The number of rotatable bonds is 6. The van der Waals surface area contributed by atoms with Crippen LogP contribution in [0.3, 0.4) is 0 Å². The summed E-state index contributed by atoms with van der Waals surface area (Å²) in [7, 11) is 0. The Bertz CT molecular complexity index is 393. The summed E-state index contributed by atoms with van der Waals surface area (Å²) in [4.78, 5) is 0. The van der Waals surface area contributed by atoms with Crippen molar-refractivity contribution in [3.8, 4) is 5.75 Å². The summed E-state index contributed by atoms with van der Waals surface area (Å²) in [6, 6.07) is 3.25. The fourth-order valence-corrected chi connectivity index (χ4v) is 1.99. The Morgan fingerprint density at radius 2 is 1.94 bits per heavy atom. The van der Waals surface area contributed by atoms with Gasteiger partial charge in [0.05, 0.1) is 12.7 Å². The number of aliphatic hydroxyl groups excluding tert-OH is 2. The largest absolute Gasteiger partial charge is 0.494 e. The van der Waals surface area contributed by atoms with Crippen LogP contribution in [-0.4, -0.2) is 29.5 Å². The van der Waals surface area contributed by atoms with Gasteiger partial charge in [0.15, 0.2) is 0 Å². The Morgan fingerprint density at radius 1 is 1.28 bits per heavy atom. The summed E-state index contributed by atoms with van der Waals surface area (Å²) >= 11 is 0. The predicted molar refractivity (Wildman–Crippen MR) is 71.7 cm³/mol. The van der Waals surface area contributed by atoms with Crippen molar-refractivity contribution in [2.75, 3.05) is 13.2 Å². The topological polar surface area (TPSA) is 75.7 Å². The van der Waals surface area contributed by atoms with Gasteiger partial charge in [0.25, 0.3) is 0 Å². The van der Waals surface area contributed by atoms with E-state index in [-0.39, 0.29) is 6.61 Å². The molecule has 1 rings (SSSR count). The number of hydrogen-bond acceptors (Lipinski definition) is 4. The molecule has 0 aliphatic heterocycles. The lowest BCUT2D eigenvalue weighted by molar-refractivity contribution is 0.128. The molecule has 0 aromatic heterocycles. The maximum absolute atomic E-state index is 10.2. The molecule has 1 aromatic carbocycles. The normalized spacial score (nSPS) is 14.3. The molecule has 2 unspecified atom stereocenters. The molecule has 18 heavy (non-hydrogen) atoms. The van der Waals surface area contributed by atoms with Crippen molar-refractivity contribution >= 4 is 0 Å². The molecule has 0 fully saturated rings. The van der Waals surface area contributed by atoms with Gasteiger partial charge >= 0.3 is 0 Å². The van der Waals surface area contributed by atoms with Crippen molar-refractivity contribution in [2.45, 2.75) is 39.3 Å². The maximum Gasteiger partial charge on any atom is 0.122 e. The number of ether oxygens (including phenoxy) is 1. The number of hydrogen-bond donors (Lipinski definition) is 3. The van der Waals surface area contributed by atoms with E-state index in [0.717, 1.165) is 22.4 Å². The summed E-state index contributed by atoms with van der Waals surface area (Å²) in [5.41, 5.74) is 8.64. The minimum absolute atomic E-state index is 0.0205. The Morgan fingerprint density at radius 3 is 2.50 bits per heavy atom. The van der Waals surface area contributed by atoms with E-state index in [4.69, 9.17) is 15.6 Å². The highest BCUT2D eigenvalue weighted by molar-refractivity contribution is 5.44. The second kappa shape index (κ2) is 6.73. The molecule has 0 saturated heterocycles. The second-order valence-electron chi connectivity index (χ2n) is 4.46. The summed E-state index contributed by atoms with van der Waals surface area (Å²) in [5.74, 6) is 0.835. The zero-order valence-corrected chi connectivity index (χ0v) is 11.3. The van der Waals surface area contributed by atoms with Gasteiger partial charge in [-0.25, -0.2) is 0 Å². The molecule has 4 nitrogen and oxygen atoms in total. The van der Waals surface area contributed by atoms with Crippen molar-refractivity contribution in [2.24, 2.45) is 5.73 Å². The smallest absolute Gasteiger partial charge is 0.122 e. The molecule has 0 spiro atoms. The fourth-order valence-electron chi connectivity index (χ4n) is 1.99. The quantitative estimate of drug-likeness (QED) is 0.717. The Hall–Kier alpha value is -1.10. The standard InChI is InChI=1S/C14H23NO3/c1-4-18-13-6-5-11(9(2)10(13)3)14(17)12(15)7-8-16/h5-6,12,14,16-17H,4,7-8,15H2,1-3H3. The van der Waals surface area contributed by atoms with Crippen LogP contribution in [0.15, 0.2) is 12.1 Å². The molecule has 2 atom stereocenters. The van der Waals surface area contributed by atoms with Gasteiger partial charge in [-0.15, -0.1) is 0 Å². The minimum Gasteiger partial charge on any atom is -0.494 e. The first kappa shape index (κ1) is 15.0. The van der Waals surface area contributed by atoms with Crippen LogP contribution < -0.4 is 10.5 Å². The second-order valence-corrected chi connectivity index (χ2v) is 4.46. The van der Waals surface area contributed by atoms with Crippen LogP contribution in [0.25, 0.3) is 0 Å². The summed E-state index contributed by atoms with van der Waals surface area (Å²) in [6.07, 6.45) is -0.376. The van der Waals surface area contributed by atoms with E-state index < -0.39 is 12.1 Å². The zero-order chi connectivity index (χ0) is 13.7. The molecular weight excluding hydrogens is 230 g/mol. The van der Waals surface area contributed by atoms with Gasteiger partial charge in [0, 0.05) is 12.6 Å². The molecular formula is C14H23NO3. The van der Waals surface area contributed by atoms with Crippen molar-refractivity contribution in [3.63, 3.8) is 0 Å². The first-order chi connectivity index (χ1) is 8.52. The van der Waals surface area contributed by atoms with Crippen LogP contribution in [0.2, 0.25) is 0 Å². The van der Waals surface area contributed by atoms with E-state index in [1.807, 2.05) is 32.9 Å². The Balaban J connectivity index is 3.00. The minimum atomic E-state index is -0.758. The van der Waals surface area contributed by atoms with Crippen LogP contribution in [0.4, 0.5) is 0 Å². The number of benzene rings is 1. The van der Waals surface area contributed by atoms with Gasteiger partial charge in [-0.3, -0.25) is 0 Å². The van der Waals surface area contributed by atoms with E-state index in [1.165, 1.54) is 0 Å². The van der Waals surface area contributed by atoms with E-state index in [1.54, 1.807) is 0 Å². The van der Waals surface area contributed by atoms with Crippen LogP contribution >= 0.6 is 0 Å². The lowest BCUT2D eigenvalue weighted by Gasteiger charge is -2.22. The summed E-state index contributed by atoms with van der Waals surface area (Å²) < 4.78 is 5.51. The molecule has 0 radical (unpaired) electrons. The van der Waals surface area contributed by atoms with Crippen molar-refractivity contribution in [1.82, 2.24) is 0 Å². The Kier molecular flexibility index (Phi) is 5.59. The molecule has 102 valence electrons. The van der Waals surface area contributed by atoms with E-state index in [2.05, 4.69) is 0 Å². The van der Waals surface area contributed by atoms with Gasteiger partial charge in [0.1, 0.15) is 5.75 Å². The third-order valence-electron chi connectivity index (χ3n) is 3.27. The third-order valence-corrected chi connectivity index (χ3v) is 3.27. The van der Waals surface area contributed by atoms with Gasteiger partial charge in [-0.05, 0) is 49.9 Å². The van der Waals surface area contributed by atoms with Gasteiger partial charge in [-0.2, -0.15) is 0 Å². The summed E-state index contributed by atoms with van der Waals surface area (Å²) in [6.45, 7) is 6.45. The van der Waals surface area contributed by atoms with Crippen molar-refractivity contribution < 1.29 is 14.9 Å². The number of nitrogens with two attached hydrogens (primary N) is 1. The molecule has 4 N–H and O–H groups in total. The average molecular weight is 253 g/mol. The van der Waals surface area contributed by atoms with E-state index >= 15 is 0 Å². The first-order valence-electron chi connectivity index (χ1n) is 6.30. The van der Waals surface area contributed by atoms with Gasteiger partial charge < -0.3 is 20.7 Å². The highest BCUT2D eigenvalue weighted by atomic mass is 16.5. The molecule has 1 aromatic rings.